The average molecular weight is 441 g/mol. The third-order valence-corrected chi connectivity index (χ3v) is 6.11. The molecule has 156 valence electrons. The number of hydrogen-bond acceptors (Lipinski definition) is 7. The van der Waals surface area contributed by atoms with Crippen molar-refractivity contribution in [3.05, 3.63) is 102 Å². The van der Waals surface area contributed by atoms with E-state index in [9.17, 15) is 14.4 Å². The molecule has 0 fully saturated rings. The lowest BCUT2D eigenvalue weighted by Crippen LogP contribution is -2.43. The zero-order valence-electron chi connectivity index (χ0n) is 16.5. The summed E-state index contributed by atoms with van der Waals surface area (Å²) in [7, 11) is 0. The Morgan fingerprint density at radius 1 is 0.781 bits per heavy atom. The van der Waals surface area contributed by atoms with Crippen molar-refractivity contribution in [2.24, 2.45) is 0 Å². The van der Waals surface area contributed by atoms with Gasteiger partial charge in [0.15, 0.2) is 11.2 Å². The van der Waals surface area contributed by atoms with Gasteiger partial charge in [-0.2, -0.15) is 4.68 Å². The molecular formula is C23H15N5O3S. The Morgan fingerprint density at radius 3 is 1.97 bits per heavy atom. The molecule has 1 aliphatic heterocycles. The van der Waals surface area contributed by atoms with Gasteiger partial charge in [0, 0.05) is 5.56 Å². The molecule has 1 unspecified atom stereocenters. The van der Waals surface area contributed by atoms with E-state index < -0.39 is 23.0 Å². The van der Waals surface area contributed by atoms with Gasteiger partial charge in [0.05, 0.1) is 16.8 Å². The highest BCUT2D eigenvalue weighted by molar-refractivity contribution is 8.00. The van der Waals surface area contributed by atoms with Gasteiger partial charge in [-0.05, 0) is 34.7 Å². The number of rotatable bonds is 6. The van der Waals surface area contributed by atoms with Crippen LogP contribution in [0.3, 0.4) is 0 Å². The molecule has 1 atom stereocenters. The summed E-state index contributed by atoms with van der Waals surface area (Å²) in [5, 5.41) is 10.9. The van der Waals surface area contributed by atoms with Crippen molar-refractivity contribution in [2.75, 3.05) is 0 Å². The number of para-hydroxylation sites is 1. The lowest BCUT2D eigenvalue weighted by Gasteiger charge is -2.24. The first-order valence-electron chi connectivity index (χ1n) is 9.72. The highest BCUT2D eigenvalue weighted by atomic mass is 32.2. The van der Waals surface area contributed by atoms with Gasteiger partial charge < -0.3 is 0 Å². The van der Waals surface area contributed by atoms with Gasteiger partial charge in [0.1, 0.15) is 0 Å². The summed E-state index contributed by atoms with van der Waals surface area (Å²) in [5.74, 6) is -1.44. The van der Waals surface area contributed by atoms with Crippen molar-refractivity contribution in [3.63, 3.8) is 0 Å². The molecule has 5 rings (SSSR count). The minimum absolute atomic E-state index is 0.270. The average Bonchev–Trinajstić information content (AvgIpc) is 3.41. The first-order chi connectivity index (χ1) is 15.6. The van der Waals surface area contributed by atoms with Crippen molar-refractivity contribution in [3.8, 4) is 5.69 Å². The van der Waals surface area contributed by atoms with Crippen LogP contribution in [0.15, 0.2) is 90.1 Å². The number of ketones is 1. The van der Waals surface area contributed by atoms with Crippen molar-refractivity contribution in [2.45, 2.75) is 10.5 Å². The van der Waals surface area contributed by atoms with Gasteiger partial charge in [0.2, 0.25) is 5.16 Å². The van der Waals surface area contributed by atoms with Crippen LogP contribution in [0.2, 0.25) is 0 Å². The molecule has 0 spiro atoms. The Kier molecular flexibility index (Phi) is 5.08. The monoisotopic (exact) mass is 441 g/mol. The molecule has 1 aromatic heterocycles. The van der Waals surface area contributed by atoms with Crippen molar-refractivity contribution in [1.29, 1.82) is 0 Å². The smallest absolute Gasteiger partial charge is 0.262 e. The fraction of sp³-hybridized carbons (Fsp3) is 0.0435. The van der Waals surface area contributed by atoms with Gasteiger partial charge in [-0.25, -0.2) is 0 Å². The van der Waals surface area contributed by atoms with Crippen LogP contribution in [0, 0.1) is 0 Å². The van der Waals surface area contributed by atoms with Crippen LogP contribution in [0.25, 0.3) is 5.69 Å². The standard InChI is InChI=1S/C23H15N5O3S/c29-19(15-9-3-1-4-10-15)22(27-20(30)17-13-7-8-14-18(17)21(27)31)32-23-24-25-26-28(23)16-11-5-2-6-12-16/h1-14,22H. The first-order valence-corrected chi connectivity index (χ1v) is 10.6. The van der Waals surface area contributed by atoms with E-state index in [0.29, 0.717) is 11.3 Å². The highest BCUT2D eigenvalue weighted by Crippen LogP contribution is 2.34. The number of benzene rings is 3. The lowest BCUT2D eigenvalue weighted by atomic mass is 10.1. The van der Waals surface area contributed by atoms with Crippen molar-refractivity contribution >= 4 is 29.4 Å². The van der Waals surface area contributed by atoms with Crippen LogP contribution in [0.5, 0.6) is 0 Å². The predicted octanol–water partition coefficient (Wildman–Crippen LogP) is 3.26. The van der Waals surface area contributed by atoms with Crippen LogP contribution in [-0.4, -0.2) is 48.1 Å². The first kappa shape index (κ1) is 19.8. The molecule has 0 N–H and O–H groups in total. The zero-order valence-corrected chi connectivity index (χ0v) is 17.3. The Morgan fingerprint density at radius 2 is 1.34 bits per heavy atom. The molecule has 8 nitrogen and oxygen atoms in total. The number of tetrazole rings is 1. The fourth-order valence-corrected chi connectivity index (χ4v) is 4.54. The second-order valence-corrected chi connectivity index (χ2v) is 7.98. The maximum Gasteiger partial charge on any atom is 0.262 e. The number of amides is 2. The molecule has 3 aromatic carbocycles. The van der Waals surface area contributed by atoms with Crippen molar-refractivity contribution in [1.82, 2.24) is 25.1 Å². The maximum atomic E-state index is 13.5. The Labute approximate surface area is 186 Å². The number of aromatic nitrogens is 4. The number of fused-ring (bicyclic) bond motifs is 1. The van der Waals surface area contributed by atoms with Crippen LogP contribution < -0.4 is 0 Å². The van der Waals surface area contributed by atoms with Crippen LogP contribution in [0.4, 0.5) is 0 Å². The Hall–Kier alpha value is -4.11. The molecule has 0 radical (unpaired) electrons. The normalized spacial score (nSPS) is 13.8. The number of nitrogens with zero attached hydrogens (tertiary/aromatic N) is 5. The second-order valence-electron chi connectivity index (χ2n) is 6.94. The maximum absolute atomic E-state index is 13.5. The zero-order chi connectivity index (χ0) is 22.1. The summed E-state index contributed by atoms with van der Waals surface area (Å²) in [5.41, 5.74) is 1.60. The predicted molar refractivity (Wildman–Crippen MR) is 117 cm³/mol. The van der Waals surface area contributed by atoms with E-state index in [1.165, 1.54) is 4.68 Å². The van der Waals surface area contributed by atoms with Crippen molar-refractivity contribution < 1.29 is 14.4 Å². The number of imide groups is 1. The molecule has 0 saturated heterocycles. The van der Waals surface area contributed by atoms with E-state index in [4.69, 9.17) is 0 Å². The SMILES string of the molecule is O=C(c1ccccc1)C(Sc1nnnn1-c1ccccc1)N1C(=O)c2ccccc2C1=O. The molecule has 2 heterocycles. The van der Waals surface area contributed by atoms with E-state index in [1.807, 2.05) is 30.3 Å². The molecule has 4 aromatic rings. The minimum atomic E-state index is -1.18. The molecule has 9 heteroatoms. The summed E-state index contributed by atoms with van der Waals surface area (Å²) in [6, 6.07) is 24.2. The topological polar surface area (TPSA) is 98.1 Å². The molecule has 0 bridgehead atoms. The van der Waals surface area contributed by atoms with Gasteiger partial charge in [0.25, 0.3) is 11.8 Å². The van der Waals surface area contributed by atoms with Gasteiger partial charge >= 0.3 is 0 Å². The Bertz CT molecular complexity index is 1290. The third kappa shape index (κ3) is 3.38. The lowest BCUT2D eigenvalue weighted by molar-refractivity contribution is 0.0602. The molecule has 0 saturated carbocycles. The number of thioether (sulfide) groups is 1. The summed E-state index contributed by atoms with van der Waals surface area (Å²) in [4.78, 5) is 40.8. The molecule has 1 aliphatic rings. The van der Waals surface area contributed by atoms with Gasteiger partial charge in [-0.15, -0.1) is 5.10 Å². The summed E-state index contributed by atoms with van der Waals surface area (Å²) >= 11 is 0.957. The fourth-order valence-electron chi connectivity index (χ4n) is 3.47. The number of Topliss-reactive ketones (excluding diaryl/α,β-unsaturated/α-hetero) is 1. The highest BCUT2D eigenvalue weighted by Gasteiger charge is 2.44. The van der Waals surface area contributed by atoms with E-state index in [2.05, 4.69) is 15.5 Å². The largest absolute Gasteiger partial charge is 0.291 e. The number of carbonyl (C=O) groups is 3. The quantitative estimate of drug-likeness (QED) is 0.257. The van der Waals surface area contributed by atoms with E-state index in [1.54, 1.807) is 54.6 Å². The Balaban J connectivity index is 1.57. The van der Waals surface area contributed by atoms with E-state index >= 15 is 0 Å². The van der Waals surface area contributed by atoms with Gasteiger partial charge in [-0.3, -0.25) is 19.3 Å². The van der Waals surface area contributed by atoms with E-state index in [0.717, 1.165) is 16.7 Å². The third-order valence-electron chi connectivity index (χ3n) is 5.00. The van der Waals surface area contributed by atoms with E-state index in [-0.39, 0.29) is 16.3 Å². The van der Waals surface area contributed by atoms with Crippen LogP contribution >= 0.6 is 11.8 Å². The minimum Gasteiger partial charge on any atom is -0.291 e. The van der Waals surface area contributed by atoms with Gasteiger partial charge in [-0.1, -0.05) is 72.4 Å². The molecule has 2 amide bonds. The summed E-state index contributed by atoms with van der Waals surface area (Å²) in [6.45, 7) is 0. The molecule has 0 aliphatic carbocycles. The van der Waals surface area contributed by atoms with Crippen LogP contribution in [-0.2, 0) is 0 Å². The summed E-state index contributed by atoms with van der Waals surface area (Å²) in [6.07, 6.45) is 0. The number of hydrogen-bond donors (Lipinski definition) is 0. The molecular weight excluding hydrogens is 426 g/mol. The van der Waals surface area contributed by atoms with Crippen LogP contribution in [0.1, 0.15) is 31.1 Å². The summed E-state index contributed by atoms with van der Waals surface area (Å²) < 4.78 is 1.47. The molecule has 32 heavy (non-hydrogen) atoms. The number of carbonyl (C=O) groups excluding carboxylic acids is 3. The second kappa shape index (κ2) is 8.20.